The van der Waals surface area contributed by atoms with Crippen LogP contribution >= 0.6 is 0 Å². The van der Waals surface area contributed by atoms with Crippen LogP contribution in [0.1, 0.15) is 46.1 Å². The molecule has 1 amide bonds. The van der Waals surface area contributed by atoms with Crippen molar-refractivity contribution in [3.63, 3.8) is 0 Å². The molecule has 0 aromatic heterocycles. The number of phenolic OH excluding ortho intramolecular Hbond substituents is 1. The van der Waals surface area contributed by atoms with Crippen molar-refractivity contribution in [2.24, 2.45) is 29.1 Å². The highest BCUT2D eigenvalue weighted by molar-refractivity contribution is 5.83. The van der Waals surface area contributed by atoms with Crippen molar-refractivity contribution in [3.8, 4) is 16.9 Å². The lowest BCUT2D eigenvalue weighted by molar-refractivity contribution is -0.183. The quantitative estimate of drug-likeness (QED) is 0.455. The van der Waals surface area contributed by atoms with Crippen LogP contribution in [0.15, 0.2) is 48.5 Å². The van der Waals surface area contributed by atoms with Crippen molar-refractivity contribution in [2.45, 2.75) is 71.4 Å². The fourth-order valence-electron chi connectivity index (χ4n) is 7.20. The molecular formula is C30H40N2O5. The van der Waals surface area contributed by atoms with Crippen LogP contribution in [0.25, 0.3) is 11.1 Å². The number of amides is 1. The zero-order chi connectivity index (χ0) is 26.5. The van der Waals surface area contributed by atoms with E-state index in [1.807, 2.05) is 30.3 Å². The number of fused-ring (bicyclic) bond motifs is 2. The minimum Gasteiger partial charge on any atom is -0.508 e. The number of rotatable bonds is 7. The lowest BCUT2D eigenvalue weighted by Gasteiger charge is -2.62. The largest absolute Gasteiger partial charge is 0.508 e. The Morgan fingerprint density at radius 1 is 1.16 bits per heavy atom. The summed E-state index contributed by atoms with van der Waals surface area (Å²) in [4.78, 5) is 19.9. The van der Waals surface area contributed by atoms with Gasteiger partial charge in [0.05, 0.1) is 19.3 Å². The Morgan fingerprint density at radius 2 is 1.86 bits per heavy atom. The second-order valence-electron chi connectivity index (χ2n) is 12.0. The van der Waals surface area contributed by atoms with Gasteiger partial charge in [-0.1, -0.05) is 51.1 Å². The Morgan fingerprint density at radius 3 is 2.49 bits per heavy atom. The SMILES string of the molecule is C[C@@H]1[C@@H](NC(=O)[C@@H]2[C@H]([C@H](C)O)[C@H](CO)ON2Cc2cccc(-c3cccc(O)c3)c2)C[C@@H]2C[C@H]1C2(C)C. The summed E-state index contributed by atoms with van der Waals surface area (Å²) in [5, 5.41) is 35.5. The van der Waals surface area contributed by atoms with E-state index in [1.54, 1.807) is 30.2 Å². The molecule has 2 aromatic carbocycles. The van der Waals surface area contributed by atoms with Crippen LogP contribution in [0, 0.1) is 29.1 Å². The van der Waals surface area contributed by atoms with E-state index in [4.69, 9.17) is 4.84 Å². The first-order chi connectivity index (χ1) is 17.6. The molecule has 4 N–H and O–H groups in total. The van der Waals surface area contributed by atoms with Gasteiger partial charge in [0.25, 0.3) is 0 Å². The van der Waals surface area contributed by atoms with E-state index < -0.39 is 24.2 Å². The average Bonchev–Trinajstić information content (AvgIpc) is 3.23. The Balaban J connectivity index is 1.37. The molecule has 2 bridgehead atoms. The van der Waals surface area contributed by atoms with Gasteiger partial charge in [-0.25, -0.2) is 0 Å². The van der Waals surface area contributed by atoms with E-state index >= 15 is 0 Å². The molecule has 0 radical (unpaired) electrons. The van der Waals surface area contributed by atoms with Gasteiger partial charge in [-0.3, -0.25) is 9.63 Å². The molecule has 4 aliphatic rings. The van der Waals surface area contributed by atoms with Crippen LogP contribution in [-0.4, -0.2) is 57.2 Å². The number of nitrogens with one attached hydrogen (secondary N) is 1. The average molecular weight is 509 g/mol. The zero-order valence-corrected chi connectivity index (χ0v) is 22.2. The van der Waals surface area contributed by atoms with Gasteiger partial charge in [0.15, 0.2) is 0 Å². The van der Waals surface area contributed by atoms with Gasteiger partial charge < -0.3 is 20.6 Å². The summed E-state index contributed by atoms with van der Waals surface area (Å²) in [6, 6.07) is 14.3. The maximum absolute atomic E-state index is 13.8. The Kier molecular flexibility index (Phi) is 7.09. The van der Waals surface area contributed by atoms with E-state index in [2.05, 4.69) is 26.1 Å². The van der Waals surface area contributed by atoms with Crippen molar-refractivity contribution in [3.05, 3.63) is 54.1 Å². The van der Waals surface area contributed by atoms with Crippen molar-refractivity contribution in [2.75, 3.05) is 6.61 Å². The number of aliphatic hydroxyl groups excluding tert-OH is 2. The normalized spacial score (nSPS) is 33.5. The van der Waals surface area contributed by atoms with Gasteiger partial charge in [0.2, 0.25) is 5.91 Å². The number of nitrogens with zero attached hydrogens (tertiary/aromatic N) is 1. The second-order valence-corrected chi connectivity index (χ2v) is 12.0. The molecule has 2 aromatic rings. The van der Waals surface area contributed by atoms with Crippen molar-refractivity contribution >= 4 is 5.91 Å². The summed E-state index contributed by atoms with van der Waals surface area (Å²) in [7, 11) is 0. The number of hydroxylamine groups is 2. The molecular weight excluding hydrogens is 468 g/mol. The van der Waals surface area contributed by atoms with Crippen molar-refractivity contribution in [1.82, 2.24) is 10.4 Å². The minimum absolute atomic E-state index is 0.100. The Hall–Kier alpha value is -2.45. The molecule has 0 unspecified atom stereocenters. The van der Waals surface area contributed by atoms with Crippen LogP contribution in [0.3, 0.4) is 0 Å². The molecule has 37 heavy (non-hydrogen) atoms. The zero-order valence-electron chi connectivity index (χ0n) is 22.2. The summed E-state index contributed by atoms with van der Waals surface area (Å²) in [5.41, 5.74) is 3.09. The minimum atomic E-state index is -0.826. The van der Waals surface area contributed by atoms with Crippen molar-refractivity contribution < 1.29 is 25.0 Å². The molecule has 6 rings (SSSR count). The highest BCUT2D eigenvalue weighted by atomic mass is 16.7. The van der Waals surface area contributed by atoms with Gasteiger partial charge in [-0.05, 0) is 77.8 Å². The fraction of sp³-hybridized carbons (Fsp3) is 0.567. The van der Waals surface area contributed by atoms with E-state index in [9.17, 15) is 20.1 Å². The summed E-state index contributed by atoms with van der Waals surface area (Å²) in [5.74, 6) is 1.10. The summed E-state index contributed by atoms with van der Waals surface area (Å²) in [6.07, 6.45) is 0.713. The lowest BCUT2D eigenvalue weighted by atomic mass is 9.45. The first-order valence-electron chi connectivity index (χ1n) is 13.5. The van der Waals surface area contributed by atoms with Gasteiger partial charge in [-0.2, -0.15) is 5.06 Å². The lowest BCUT2D eigenvalue weighted by Crippen LogP contribution is -2.62. The summed E-state index contributed by atoms with van der Waals surface area (Å²) >= 11 is 0. The van der Waals surface area contributed by atoms with Gasteiger partial charge in [0, 0.05) is 12.0 Å². The van der Waals surface area contributed by atoms with Crippen molar-refractivity contribution in [1.29, 1.82) is 0 Å². The molecule has 4 fully saturated rings. The number of aromatic hydroxyl groups is 1. The maximum Gasteiger partial charge on any atom is 0.240 e. The number of carbonyl (C=O) groups excluding carboxylic acids is 1. The number of aliphatic hydroxyl groups is 2. The molecule has 1 aliphatic heterocycles. The van der Waals surface area contributed by atoms with E-state index in [1.165, 1.54) is 6.42 Å². The Labute approximate surface area is 219 Å². The molecule has 1 heterocycles. The standard InChI is InChI=1S/C30H40N2O5/c1-17-24-13-22(30(24,3)4)14-25(17)31-29(36)28-27(18(2)34)26(16-33)37-32(28)15-19-7-5-8-20(11-19)21-9-6-10-23(35)12-21/h5-12,17-18,22,24-28,33-35H,13-16H2,1-4H3,(H,31,36)/t17-,18-,22-,24+,25-,26-,27+,28-/m0/s1. The molecule has 1 saturated heterocycles. The summed E-state index contributed by atoms with van der Waals surface area (Å²) < 4.78 is 0. The third kappa shape index (κ3) is 4.78. The van der Waals surface area contributed by atoms with E-state index in [0.717, 1.165) is 23.1 Å². The predicted molar refractivity (Wildman–Crippen MR) is 141 cm³/mol. The van der Waals surface area contributed by atoms with E-state index in [0.29, 0.717) is 29.7 Å². The van der Waals surface area contributed by atoms with Gasteiger partial charge in [0.1, 0.15) is 17.9 Å². The van der Waals surface area contributed by atoms with Crippen LogP contribution in [0.2, 0.25) is 0 Å². The Bertz CT molecular complexity index is 1130. The van der Waals surface area contributed by atoms with Crippen LogP contribution < -0.4 is 5.32 Å². The summed E-state index contributed by atoms with van der Waals surface area (Å²) in [6.45, 7) is 8.62. The number of carbonyl (C=O) groups is 1. The van der Waals surface area contributed by atoms with E-state index in [-0.39, 0.29) is 24.3 Å². The highest BCUT2D eigenvalue weighted by Gasteiger charge is 2.57. The monoisotopic (exact) mass is 508 g/mol. The van der Waals surface area contributed by atoms with Gasteiger partial charge >= 0.3 is 0 Å². The highest BCUT2D eigenvalue weighted by Crippen LogP contribution is 2.61. The smallest absolute Gasteiger partial charge is 0.240 e. The molecule has 7 heteroatoms. The molecule has 200 valence electrons. The second kappa shape index (κ2) is 10.0. The molecule has 3 saturated carbocycles. The number of hydrogen-bond acceptors (Lipinski definition) is 6. The first kappa shape index (κ1) is 26.2. The first-order valence-corrected chi connectivity index (χ1v) is 13.5. The fourth-order valence-corrected chi connectivity index (χ4v) is 7.20. The van der Waals surface area contributed by atoms with Crippen LogP contribution in [0.5, 0.6) is 5.75 Å². The third-order valence-electron chi connectivity index (χ3n) is 9.51. The number of phenols is 1. The third-order valence-corrected chi connectivity index (χ3v) is 9.51. The number of hydrogen-bond donors (Lipinski definition) is 4. The van der Waals surface area contributed by atoms with Gasteiger partial charge in [-0.15, -0.1) is 0 Å². The number of benzene rings is 2. The molecule has 8 atom stereocenters. The maximum atomic E-state index is 13.8. The molecule has 3 aliphatic carbocycles. The van der Waals surface area contributed by atoms with Crippen LogP contribution in [-0.2, 0) is 16.2 Å². The topological polar surface area (TPSA) is 102 Å². The van der Waals surface area contributed by atoms with Crippen LogP contribution in [0.4, 0.5) is 0 Å². The molecule has 0 spiro atoms. The predicted octanol–water partition coefficient (Wildman–Crippen LogP) is 3.72. The molecule has 7 nitrogen and oxygen atoms in total.